The quantitative estimate of drug-likeness (QED) is 0.670. The van der Waals surface area contributed by atoms with E-state index in [1.807, 2.05) is 0 Å². The van der Waals surface area contributed by atoms with Crippen molar-refractivity contribution in [1.29, 1.82) is 0 Å². The summed E-state index contributed by atoms with van der Waals surface area (Å²) in [6.45, 7) is 0.0518. The Bertz CT molecular complexity index is 449. The van der Waals surface area contributed by atoms with Crippen molar-refractivity contribution in [3.05, 3.63) is 29.3 Å². The van der Waals surface area contributed by atoms with Gasteiger partial charge in [0.05, 0.1) is 19.1 Å². The molecule has 0 radical (unpaired) electrons. The molecule has 1 aromatic rings. The zero-order valence-electron chi connectivity index (χ0n) is 10.3. The van der Waals surface area contributed by atoms with Crippen LogP contribution in [0.2, 0.25) is 0 Å². The lowest BCUT2D eigenvalue weighted by Crippen LogP contribution is -2.09. The maximum Gasteiger partial charge on any atom is 0.417 e. The molecule has 1 aromatic carbocycles. The van der Waals surface area contributed by atoms with Crippen molar-refractivity contribution in [3.8, 4) is 0 Å². The highest BCUT2D eigenvalue weighted by molar-refractivity contribution is 7.99. The van der Waals surface area contributed by atoms with Crippen molar-refractivity contribution in [2.24, 2.45) is 5.73 Å². The maximum absolute atomic E-state index is 12.9. The van der Waals surface area contributed by atoms with E-state index in [1.54, 1.807) is 6.07 Å². The molecule has 0 fully saturated rings. The van der Waals surface area contributed by atoms with Crippen LogP contribution in [0.25, 0.3) is 0 Å². The van der Waals surface area contributed by atoms with E-state index in [4.69, 9.17) is 5.73 Å². The van der Waals surface area contributed by atoms with Crippen LogP contribution >= 0.6 is 11.8 Å². The molecule has 106 valence electrons. The Kier molecular flexibility index (Phi) is 5.68. The largest absolute Gasteiger partial charge is 0.469 e. The van der Waals surface area contributed by atoms with E-state index >= 15 is 0 Å². The number of halogens is 3. The summed E-state index contributed by atoms with van der Waals surface area (Å²) < 4.78 is 43.0. The number of ether oxygens (including phenoxy) is 1. The van der Waals surface area contributed by atoms with Crippen LogP contribution in [0.15, 0.2) is 23.1 Å². The molecular weight excluding hydrogens is 279 g/mol. The van der Waals surface area contributed by atoms with Crippen LogP contribution in [-0.4, -0.2) is 18.8 Å². The Balaban J connectivity index is 2.85. The molecule has 0 spiro atoms. The second-order valence-electron chi connectivity index (χ2n) is 3.71. The van der Waals surface area contributed by atoms with Gasteiger partial charge in [-0.05, 0) is 17.7 Å². The second kappa shape index (κ2) is 6.81. The number of nitrogens with two attached hydrogens (primary N) is 1. The fraction of sp³-hybridized carbons (Fsp3) is 0.417. The fourth-order valence-corrected chi connectivity index (χ4v) is 2.38. The van der Waals surface area contributed by atoms with E-state index in [0.29, 0.717) is 5.56 Å². The lowest BCUT2D eigenvalue weighted by molar-refractivity contribution is -0.140. The zero-order chi connectivity index (χ0) is 14.5. The molecule has 0 aliphatic heterocycles. The minimum absolute atomic E-state index is 0.0518. The number of esters is 1. The van der Waals surface area contributed by atoms with E-state index in [2.05, 4.69) is 4.74 Å². The normalized spacial score (nSPS) is 11.4. The first-order valence-corrected chi connectivity index (χ1v) is 6.47. The molecule has 0 amide bonds. The zero-order valence-corrected chi connectivity index (χ0v) is 11.1. The van der Waals surface area contributed by atoms with Crippen LogP contribution in [-0.2, 0) is 22.3 Å². The Morgan fingerprint density at radius 2 is 2.11 bits per heavy atom. The molecule has 2 N–H and O–H groups in total. The van der Waals surface area contributed by atoms with Gasteiger partial charge in [-0.2, -0.15) is 13.2 Å². The average Bonchev–Trinajstić information content (AvgIpc) is 2.37. The van der Waals surface area contributed by atoms with Crippen LogP contribution in [0, 0.1) is 0 Å². The van der Waals surface area contributed by atoms with Gasteiger partial charge in [0.25, 0.3) is 0 Å². The SMILES string of the molecule is COC(=O)CCSc1ccc(CN)cc1C(F)(F)F. The molecule has 3 nitrogen and oxygen atoms in total. The minimum Gasteiger partial charge on any atom is -0.469 e. The Morgan fingerprint density at radius 3 is 2.63 bits per heavy atom. The monoisotopic (exact) mass is 293 g/mol. The predicted octanol–water partition coefficient (Wildman–Crippen LogP) is 2.82. The number of methoxy groups -OCH3 is 1. The maximum atomic E-state index is 12.9. The number of hydrogen-bond donors (Lipinski definition) is 1. The van der Waals surface area contributed by atoms with Gasteiger partial charge in [0.2, 0.25) is 0 Å². The van der Waals surface area contributed by atoms with Crippen LogP contribution in [0.1, 0.15) is 17.5 Å². The topological polar surface area (TPSA) is 52.3 Å². The molecule has 0 heterocycles. The molecule has 0 atom stereocenters. The van der Waals surface area contributed by atoms with Crippen molar-refractivity contribution in [2.45, 2.75) is 24.0 Å². The third-order valence-electron chi connectivity index (χ3n) is 2.38. The van der Waals surface area contributed by atoms with Crippen LogP contribution in [0.5, 0.6) is 0 Å². The highest BCUT2D eigenvalue weighted by atomic mass is 32.2. The van der Waals surface area contributed by atoms with Gasteiger partial charge >= 0.3 is 12.1 Å². The van der Waals surface area contributed by atoms with Gasteiger partial charge in [0, 0.05) is 17.2 Å². The Hall–Kier alpha value is -1.21. The van der Waals surface area contributed by atoms with E-state index in [-0.39, 0.29) is 23.6 Å². The summed E-state index contributed by atoms with van der Waals surface area (Å²) in [5, 5.41) is 0. The number of carbonyl (C=O) groups excluding carboxylic acids is 1. The molecule has 0 aliphatic carbocycles. The third-order valence-corrected chi connectivity index (χ3v) is 3.45. The number of carbonyl (C=O) groups is 1. The van der Waals surface area contributed by atoms with E-state index in [0.717, 1.165) is 17.8 Å². The summed E-state index contributed by atoms with van der Waals surface area (Å²) in [5.74, 6) is -0.211. The smallest absolute Gasteiger partial charge is 0.417 e. The lowest BCUT2D eigenvalue weighted by atomic mass is 10.1. The fourth-order valence-electron chi connectivity index (χ4n) is 1.40. The van der Waals surface area contributed by atoms with E-state index < -0.39 is 17.7 Å². The third kappa shape index (κ3) is 4.76. The average molecular weight is 293 g/mol. The van der Waals surface area contributed by atoms with E-state index in [1.165, 1.54) is 13.2 Å². The Morgan fingerprint density at radius 1 is 1.42 bits per heavy atom. The van der Waals surface area contributed by atoms with Crippen molar-refractivity contribution < 1.29 is 22.7 Å². The van der Waals surface area contributed by atoms with Gasteiger partial charge in [0.15, 0.2) is 0 Å². The summed E-state index contributed by atoms with van der Waals surface area (Å²) in [4.78, 5) is 11.0. The summed E-state index contributed by atoms with van der Waals surface area (Å²) in [6.07, 6.45) is -4.37. The minimum atomic E-state index is -4.43. The molecule has 0 saturated carbocycles. The highest BCUT2D eigenvalue weighted by Gasteiger charge is 2.33. The molecule has 19 heavy (non-hydrogen) atoms. The second-order valence-corrected chi connectivity index (χ2v) is 4.84. The summed E-state index contributed by atoms with van der Waals surface area (Å²) in [6, 6.07) is 3.98. The van der Waals surface area contributed by atoms with Gasteiger partial charge in [-0.25, -0.2) is 0 Å². The summed E-state index contributed by atoms with van der Waals surface area (Å²) in [7, 11) is 1.24. The standard InChI is InChI=1S/C12H14F3NO2S/c1-18-11(17)4-5-19-10-3-2-8(7-16)6-9(10)12(13,14)15/h2-3,6H,4-5,7,16H2,1H3. The van der Waals surface area contributed by atoms with Crippen LogP contribution in [0.3, 0.4) is 0 Å². The lowest BCUT2D eigenvalue weighted by Gasteiger charge is -2.13. The number of rotatable bonds is 5. The van der Waals surface area contributed by atoms with Gasteiger partial charge < -0.3 is 10.5 Å². The molecule has 7 heteroatoms. The number of hydrogen-bond acceptors (Lipinski definition) is 4. The van der Waals surface area contributed by atoms with Crippen LogP contribution < -0.4 is 5.73 Å². The van der Waals surface area contributed by atoms with Gasteiger partial charge in [-0.3, -0.25) is 4.79 Å². The number of alkyl halides is 3. The summed E-state index contributed by atoms with van der Waals surface area (Å²) >= 11 is 0.975. The van der Waals surface area contributed by atoms with Crippen molar-refractivity contribution >= 4 is 17.7 Å². The van der Waals surface area contributed by atoms with Crippen molar-refractivity contribution in [1.82, 2.24) is 0 Å². The molecule has 0 unspecified atom stereocenters. The van der Waals surface area contributed by atoms with Crippen molar-refractivity contribution in [3.63, 3.8) is 0 Å². The molecule has 0 aliphatic rings. The molecule has 0 saturated heterocycles. The summed E-state index contributed by atoms with van der Waals surface area (Å²) in [5.41, 5.74) is 5.04. The highest BCUT2D eigenvalue weighted by Crippen LogP contribution is 2.37. The van der Waals surface area contributed by atoms with Gasteiger partial charge in [-0.1, -0.05) is 6.07 Å². The number of benzene rings is 1. The first-order chi connectivity index (χ1) is 8.88. The molecule has 0 bridgehead atoms. The van der Waals surface area contributed by atoms with Crippen molar-refractivity contribution in [2.75, 3.05) is 12.9 Å². The number of thioether (sulfide) groups is 1. The van der Waals surface area contributed by atoms with E-state index in [9.17, 15) is 18.0 Å². The molecule has 0 aromatic heterocycles. The first kappa shape index (κ1) is 15.8. The predicted molar refractivity (Wildman–Crippen MR) is 66.7 cm³/mol. The van der Waals surface area contributed by atoms with Gasteiger partial charge in [-0.15, -0.1) is 11.8 Å². The first-order valence-electron chi connectivity index (χ1n) is 5.48. The molecule has 1 rings (SSSR count). The Labute approximate surface area is 113 Å². The molecular formula is C12H14F3NO2S. The van der Waals surface area contributed by atoms with Crippen LogP contribution in [0.4, 0.5) is 13.2 Å². The van der Waals surface area contributed by atoms with Gasteiger partial charge in [0.1, 0.15) is 0 Å².